The average Bonchev–Trinajstić information content (AvgIpc) is 2.88. The van der Waals surface area contributed by atoms with Crippen LogP contribution in [0.1, 0.15) is 41.0 Å². The van der Waals surface area contributed by atoms with E-state index in [4.69, 9.17) is 11.6 Å². The largest absolute Gasteiger partial charge is 0.292 e. The average molecular weight is 289 g/mol. The summed E-state index contributed by atoms with van der Waals surface area (Å²) in [5.74, 6) is 0.416. The summed E-state index contributed by atoms with van der Waals surface area (Å²) in [5.41, 5.74) is 3.98. The molecule has 4 heteroatoms. The van der Waals surface area contributed by atoms with Crippen molar-refractivity contribution < 1.29 is 4.79 Å². The number of nitrogens with zero attached hydrogens (tertiary/aromatic N) is 2. The van der Waals surface area contributed by atoms with Crippen molar-refractivity contribution in [2.45, 2.75) is 32.1 Å². The number of ketones is 1. The van der Waals surface area contributed by atoms with Gasteiger partial charge in [0.2, 0.25) is 0 Å². The Labute approximate surface area is 123 Å². The number of rotatable bonds is 4. The molecule has 104 valence electrons. The van der Waals surface area contributed by atoms with Gasteiger partial charge in [0, 0.05) is 23.6 Å². The molecule has 0 amide bonds. The van der Waals surface area contributed by atoms with Crippen molar-refractivity contribution in [2.75, 3.05) is 5.88 Å². The summed E-state index contributed by atoms with van der Waals surface area (Å²) in [5, 5.41) is 4.59. The van der Waals surface area contributed by atoms with Gasteiger partial charge in [-0.05, 0) is 37.8 Å². The van der Waals surface area contributed by atoms with E-state index >= 15 is 0 Å². The van der Waals surface area contributed by atoms with Crippen molar-refractivity contribution in [1.82, 2.24) is 9.78 Å². The SMILES string of the molecule is O=C(CCCl)c1nn(-c2ccccc2)c2c1CCCC2. The Morgan fingerprint density at radius 1 is 1.20 bits per heavy atom. The number of Topliss-reactive ketones (excluding diaryl/α,β-unsaturated/α-hetero) is 1. The molecule has 1 aromatic heterocycles. The van der Waals surface area contributed by atoms with E-state index in [2.05, 4.69) is 5.10 Å². The Kier molecular flexibility index (Phi) is 3.88. The topological polar surface area (TPSA) is 34.9 Å². The second kappa shape index (κ2) is 5.80. The van der Waals surface area contributed by atoms with Crippen molar-refractivity contribution >= 4 is 17.4 Å². The summed E-state index contributed by atoms with van der Waals surface area (Å²) in [6.45, 7) is 0. The quantitative estimate of drug-likeness (QED) is 0.637. The summed E-state index contributed by atoms with van der Waals surface area (Å²) >= 11 is 5.70. The molecular formula is C16H17ClN2O. The normalized spacial score (nSPS) is 14.1. The van der Waals surface area contributed by atoms with E-state index in [0.29, 0.717) is 18.0 Å². The number of fused-ring (bicyclic) bond motifs is 1. The molecule has 0 unspecified atom stereocenters. The molecule has 2 aromatic rings. The molecule has 20 heavy (non-hydrogen) atoms. The lowest BCUT2D eigenvalue weighted by molar-refractivity contribution is 0.0983. The molecule has 1 heterocycles. The van der Waals surface area contributed by atoms with Gasteiger partial charge in [0.25, 0.3) is 0 Å². The molecule has 3 nitrogen and oxygen atoms in total. The first-order valence-electron chi connectivity index (χ1n) is 7.06. The highest BCUT2D eigenvalue weighted by atomic mass is 35.5. The number of halogens is 1. The van der Waals surface area contributed by atoms with Crippen molar-refractivity contribution in [3.63, 3.8) is 0 Å². The van der Waals surface area contributed by atoms with Crippen LogP contribution in [0.15, 0.2) is 30.3 Å². The Balaban J connectivity index is 2.09. The van der Waals surface area contributed by atoms with Gasteiger partial charge in [-0.2, -0.15) is 5.10 Å². The van der Waals surface area contributed by atoms with Crippen LogP contribution in [-0.2, 0) is 12.8 Å². The zero-order valence-corrected chi connectivity index (χ0v) is 12.1. The van der Waals surface area contributed by atoms with Crippen molar-refractivity contribution in [3.8, 4) is 5.69 Å². The standard InChI is InChI=1S/C16H17ClN2O/c17-11-10-15(20)16-13-8-4-5-9-14(13)19(18-16)12-6-2-1-3-7-12/h1-3,6-7H,4-5,8-11H2. The molecule has 0 radical (unpaired) electrons. The minimum Gasteiger partial charge on any atom is -0.292 e. The summed E-state index contributed by atoms with van der Waals surface area (Å²) in [6, 6.07) is 10.0. The van der Waals surface area contributed by atoms with Gasteiger partial charge in [0.1, 0.15) is 5.69 Å². The predicted molar refractivity (Wildman–Crippen MR) is 79.9 cm³/mol. The zero-order valence-electron chi connectivity index (χ0n) is 11.3. The lowest BCUT2D eigenvalue weighted by Gasteiger charge is -2.14. The van der Waals surface area contributed by atoms with Gasteiger partial charge >= 0.3 is 0 Å². The molecule has 1 aliphatic rings. The Hall–Kier alpha value is -1.61. The van der Waals surface area contributed by atoms with Crippen molar-refractivity contribution in [3.05, 3.63) is 47.3 Å². The third-order valence-corrected chi connectivity index (χ3v) is 3.96. The second-order valence-corrected chi connectivity index (χ2v) is 5.47. The van der Waals surface area contributed by atoms with Gasteiger partial charge in [0.05, 0.1) is 5.69 Å². The summed E-state index contributed by atoms with van der Waals surface area (Å²) in [6.07, 6.45) is 4.60. The van der Waals surface area contributed by atoms with Gasteiger partial charge in [0.15, 0.2) is 5.78 Å². The monoisotopic (exact) mass is 288 g/mol. The Morgan fingerprint density at radius 3 is 2.70 bits per heavy atom. The fourth-order valence-electron chi connectivity index (χ4n) is 2.81. The van der Waals surface area contributed by atoms with Crippen LogP contribution in [0.25, 0.3) is 5.69 Å². The van der Waals surface area contributed by atoms with Crippen LogP contribution in [0.4, 0.5) is 0 Å². The number of hydrogen-bond acceptors (Lipinski definition) is 2. The molecule has 0 bridgehead atoms. The molecule has 0 aliphatic heterocycles. The molecular weight excluding hydrogens is 272 g/mol. The zero-order chi connectivity index (χ0) is 13.9. The van der Waals surface area contributed by atoms with Gasteiger partial charge in [-0.1, -0.05) is 18.2 Å². The highest BCUT2D eigenvalue weighted by Gasteiger charge is 2.24. The van der Waals surface area contributed by atoms with Crippen LogP contribution in [0.5, 0.6) is 0 Å². The maximum Gasteiger partial charge on any atom is 0.184 e. The highest BCUT2D eigenvalue weighted by molar-refractivity contribution is 6.19. The number of hydrogen-bond donors (Lipinski definition) is 0. The van der Waals surface area contributed by atoms with Gasteiger partial charge in [-0.25, -0.2) is 4.68 Å². The van der Waals surface area contributed by atoms with Crippen LogP contribution < -0.4 is 0 Å². The molecule has 0 saturated carbocycles. The summed E-state index contributed by atoms with van der Waals surface area (Å²) in [4.78, 5) is 12.2. The first kappa shape index (κ1) is 13.4. The maximum atomic E-state index is 12.2. The van der Waals surface area contributed by atoms with E-state index in [1.54, 1.807) is 0 Å². The Morgan fingerprint density at radius 2 is 1.95 bits per heavy atom. The number of carbonyl (C=O) groups is 1. The predicted octanol–water partition coefficient (Wildman–Crippen LogP) is 3.56. The molecule has 0 saturated heterocycles. The number of alkyl halides is 1. The smallest absolute Gasteiger partial charge is 0.184 e. The second-order valence-electron chi connectivity index (χ2n) is 5.09. The molecule has 0 spiro atoms. The van der Waals surface area contributed by atoms with E-state index in [-0.39, 0.29) is 5.78 Å². The Bertz CT molecular complexity index is 619. The van der Waals surface area contributed by atoms with Crippen LogP contribution in [0.2, 0.25) is 0 Å². The fourth-order valence-corrected chi connectivity index (χ4v) is 2.98. The molecule has 0 atom stereocenters. The van der Waals surface area contributed by atoms with Crippen molar-refractivity contribution in [1.29, 1.82) is 0 Å². The lowest BCUT2D eigenvalue weighted by atomic mass is 9.94. The maximum absolute atomic E-state index is 12.2. The number of aromatic nitrogens is 2. The number of benzene rings is 1. The van der Waals surface area contributed by atoms with E-state index in [1.165, 1.54) is 5.69 Å². The lowest BCUT2D eigenvalue weighted by Crippen LogP contribution is -2.08. The first-order valence-corrected chi connectivity index (χ1v) is 7.60. The van der Waals surface area contributed by atoms with Crippen molar-refractivity contribution in [2.24, 2.45) is 0 Å². The van der Waals surface area contributed by atoms with E-state index in [0.717, 1.165) is 36.9 Å². The minimum atomic E-state index is 0.0628. The summed E-state index contributed by atoms with van der Waals surface area (Å²) in [7, 11) is 0. The van der Waals surface area contributed by atoms with Gasteiger partial charge in [-0.15, -0.1) is 11.6 Å². The summed E-state index contributed by atoms with van der Waals surface area (Å²) < 4.78 is 1.94. The minimum absolute atomic E-state index is 0.0628. The van der Waals surface area contributed by atoms with Crippen LogP contribution >= 0.6 is 11.6 Å². The van der Waals surface area contributed by atoms with Crippen LogP contribution in [0, 0.1) is 0 Å². The molecule has 1 aromatic carbocycles. The van der Waals surface area contributed by atoms with Gasteiger partial charge in [-0.3, -0.25) is 4.79 Å². The molecule has 0 N–H and O–H groups in total. The molecule has 1 aliphatic carbocycles. The highest BCUT2D eigenvalue weighted by Crippen LogP contribution is 2.27. The molecule has 3 rings (SSSR count). The van der Waals surface area contributed by atoms with E-state index < -0.39 is 0 Å². The number of carbonyl (C=O) groups excluding carboxylic acids is 1. The van der Waals surface area contributed by atoms with E-state index in [9.17, 15) is 4.79 Å². The van der Waals surface area contributed by atoms with E-state index in [1.807, 2.05) is 35.0 Å². The van der Waals surface area contributed by atoms with Crippen LogP contribution in [0.3, 0.4) is 0 Å². The van der Waals surface area contributed by atoms with Gasteiger partial charge < -0.3 is 0 Å². The fraction of sp³-hybridized carbons (Fsp3) is 0.375. The third kappa shape index (κ3) is 2.38. The number of para-hydroxylation sites is 1. The van der Waals surface area contributed by atoms with Crippen LogP contribution in [-0.4, -0.2) is 21.4 Å². The third-order valence-electron chi connectivity index (χ3n) is 3.77. The first-order chi connectivity index (χ1) is 9.81. The molecule has 0 fully saturated rings.